The van der Waals surface area contributed by atoms with E-state index in [-0.39, 0.29) is 5.54 Å². The number of ether oxygens (including phenoxy) is 2. The lowest BCUT2D eigenvalue weighted by Gasteiger charge is -2.33. The first kappa shape index (κ1) is 15.9. The topological polar surface area (TPSA) is 64.7 Å². The molecule has 0 heterocycles. The molecule has 1 aliphatic carbocycles. The minimum atomic E-state index is -0.533. The average Bonchev–Trinajstić information content (AvgIpc) is 2.35. The van der Waals surface area contributed by atoms with Crippen LogP contribution in [0.1, 0.15) is 51.9 Å². The second kappa shape index (κ2) is 8.86. The molecule has 0 bridgehead atoms. The zero-order valence-corrected chi connectivity index (χ0v) is 11.7. The standard InChI is InChI=1S/C14H29NO3/c1-2-3-9-17-10-13(16)11-18-12-14(15)7-5-4-6-8-14/h13,16H,2-12,15H2,1H3. The molecule has 0 aromatic heterocycles. The Hall–Kier alpha value is -0.160. The predicted octanol–water partition coefficient (Wildman–Crippen LogP) is 1.84. The molecule has 3 N–H and O–H groups in total. The van der Waals surface area contributed by atoms with E-state index in [4.69, 9.17) is 15.2 Å². The Kier molecular flexibility index (Phi) is 7.82. The lowest BCUT2D eigenvalue weighted by Crippen LogP contribution is -2.46. The maximum absolute atomic E-state index is 9.67. The lowest BCUT2D eigenvalue weighted by molar-refractivity contribution is -0.0328. The van der Waals surface area contributed by atoms with Crippen LogP contribution in [0.3, 0.4) is 0 Å². The van der Waals surface area contributed by atoms with Crippen molar-refractivity contribution in [2.45, 2.75) is 63.5 Å². The number of unbranched alkanes of at least 4 members (excludes halogenated alkanes) is 1. The zero-order valence-electron chi connectivity index (χ0n) is 11.7. The zero-order chi connectivity index (χ0) is 13.3. The van der Waals surface area contributed by atoms with Crippen LogP contribution in [0.15, 0.2) is 0 Å². The molecule has 0 amide bonds. The molecule has 108 valence electrons. The van der Waals surface area contributed by atoms with Crippen molar-refractivity contribution in [1.82, 2.24) is 0 Å². The molecule has 1 unspecified atom stereocenters. The van der Waals surface area contributed by atoms with Gasteiger partial charge in [0.25, 0.3) is 0 Å². The Morgan fingerprint density at radius 1 is 1.17 bits per heavy atom. The molecular weight excluding hydrogens is 230 g/mol. The van der Waals surface area contributed by atoms with E-state index in [0.29, 0.717) is 26.4 Å². The summed E-state index contributed by atoms with van der Waals surface area (Å²) in [5.41, 5.74) is 6.08. The quantitative estimate of drug-likeness (QED) is 0.620. The van der Waals surface area contributed by atoms with Gasteiger partial charge in [-0.15, -0.1) is 0 Å². The Morgan fingerprint density at radius 3 is 2.50 bits per heavy atom. The van der Waals surface area contributed by atoms with Crippen LogP contribution in [-0.4, -0.2) is 43.2 Å². The van der Waals surface area contributed by atoms with Gasteiger partial charge in [0.2, 0.25) is 0 Å². The fourth-order valence-corrected chi connectivity index (χ4v) is 2.31. The molecule has 0 aliphatic heterocycles. The molecule has 0 saturated heterocycles. The molecular formula is C14H29NO3. The smallest absolute Gasteiger partial charge is 0.101 e. The third kappa shape index (κ3) is 6.69. The molecule has 18 heavy (non-hydrogen) atoms. The number of hydrogen-bond acceptors (Lipinski definition) is 4. The lowest BCUT2D eigenvalue weighted by atomic mass is 9.83. The summed E-state index contributed by atoms with van der Waals surface area (Å²) in [6.45, 7) is 4.07. The normalized spacial score (nSPS) is 20.8. The van der Waals surface area contributed by atoms with E-state index in [2.05, 4.69) is 6.92 Å². The van der Waals surface area contributed by atoms with Crippen molar-refractivity contribution in [3.63, 3.8) is 0 Å². The number of hydrogen-bond donors (Lipinski definition) is 2. The summed E-state index contributed by atoms with van der Waals surface area (Å²) in [4.78, 5) is 0. The largest absolute Gasteiger partial charge is 0.388 e. The van der Waals surface area contributed by atoms with Crippen LogP contribution in [0.25, 0.3) is 0 Å². The second-order valence-corrected chi connectivity index (χ2v) is 5.52. The summed E-state index contributed by atoms with van der Waals surface area (Å²) in [7, 11) is 0. The van der Waals surface area contributed by atoms with E-state index >= 15 is 0 Å². The van der Waals surface area contributed by atoms with Crippen LogP contribution in [0.2, 0.25) is 0 Å². The van der Waals surface area contributed by atoms with Crippen molar-refractivity contribution >= 4 is 0 Å². The molecule has 1 rings (SSSR count). The first-order valence-electron chi connectivity index (χ1n) is 7.29. The molecule has 1 fully saturated rings. The van der Waals surface area contributed by atoms with Gasteiger partial charge in [0, 0.05) is 12.1 Å². The van der Waals surface area contributed by atoms with Gasteiger partial charge in [-0.2, -0.15) is 0 Å². The summed E-state index contributed by atoms with van der Waals surface area (Å²) < 4.78 is 10.9. The van der Waals surface area contributed by atoms with Crippen LogP contribution in [0.4, 0.5) is 0 Å². The van der Waals surface area contributed by atoms with Crippen molar-refractivity contribution in [1.29, 1.82) is 0 Å². The highest BCUT2D eigenvalue weighted by molar-refractivity contribution is 4.87. The van der Waals surface area contributed by atoms with Gasteiger partial charge in [0.05, 0.1) is 19.8 Å². The van der Waals surface area contributed by atoms with E-state index < -0.39 is 6.10 Å². The summed E-state index contributed by atoms with van der Waals surface area (Å²) in [5.74, 6) is 0. The van der Waals surface area contributed by atoms with Crippen LogP contribution in [-0.2, 0) is 9.47 Å². The Bertz CT molecular complexity index is 205. The highest BCUT2D eigenvalue weighted by Gasteiger charge is 2.27. The molecule has 0 aromatic rings. The molecule has 0 spiro atoms. The van der Waals surface area contributed by atoms with E-state index in [1.165, 1.54) is 19.3 Å². The molecule has 0 radical (unpaired) electrons. The SMILES string of the molecule is CCCCOCC(O)COCC1(N)CCCCC1. The second-order valence-electron chi connectivity index (χ2n) is 5.52. The van der Waals surface area contributed by atoms with E-state index in [0.717, 1.165) is 25.7 Å². The highest BCUT2D eigenvalue weighted by atomic mass is 16.5. The van der Waals surface area contributed by atoms with E-state index in [1.54, 1.807) is 0 Å². The van der Waals surface area contributed by atoms with Gasteiger partial charge in [-0.1, -0.05) is 32.6 Å². The maximum atomic E-state index is 9.67. The third-order valence-corrected chi connectivity index (χ3v) is 3.50. The maximum Gasteiger partial charge on any atom is 0.101 e. The summed E-state index contributed by atoms with van der Waals surface area (Å²) in [6, 6.07) is 0. The molecule has 1 aliphatic rings. The van der Waals surface area contributed by atoms with Gasteiger partial charge in [-0.3, -0.25) is 0 Å². The predicted molar refractivity (Wildman–Crippen MR) is 72.6 cm³/mol. The van der Waals surface area contributed by atoms with Gasteiger partial charge in [-0.25, -0.2) is 0 Å². The molecule has 1 saturated carbocycles. The van der Waals surface area contributed by atoms with Crippen molar-refractivity contribution in [3.8, 4) is 0 Å². The van der Waals surface area contributed by atoms with Gasteiger partial charge in [-0.05, 0) is 19.3 Å². The number of rotatable bonds is 9. The van der Waals surface area contributed by atoms with Crippen molar-refractivity contribution < 1.29 is 14.6 Å². The van der Waals surface area contributed by atoms with Crippen LogP contribution in [0, 0.1) is 0 Å². The molecule has 0 aromatic carbocycles. The number of nitrogens with two attached hydrogens (primary N) is 1. The first-order valence-corrected chi connectivity index (χ1v) is 7.29. The monoisotopic (exact) mass is 259 g/mol. The third-order valence-electron chi connectivity index (χ3n) is 3.50. The van der Waals surface area contributed by atoms with Crippen LogP contribution in [0.5, 0.6) is 0 Å². The van der Waals surface area contributed by atoms with Gasteiger partial charge in [0.1, 0.15) is 6.10 Å². The summed E-state index contributed by atoms with van der Waals surface area (Å²) >= 11 is 0. The Morgan fingerprint density at radius 2 is 1.83 bits per heavy atom. The fraction of sp³-hybridized carbons (Fsp3) is 1.00. The van der Waals surface area contributed by atoms with Gasteiger partial charge >= 0.3 is 0 Å². The van der Waals surface area contributed by atoms with Crippen LogP contribution < -0.4 is 5.73 Å². The summed E-state index contributed by atoms with van der Waals surface area (Å²) in [5, 5.41) is 9.67. The number of aliphatic hydroxyl groups is 1. The summed E-state index contributed by atoms with van der Waals surface area (Å²) in [6.07, 6.45) is 7.38. The molecule has 1 atom stereocenters. The van der Waals surface area contributed by atoms with Crippen LogP contribution >= 0.6 is 0 Å². The van der Waals surface area contributed by atoms with Gasteiger partial charge in [0.15, 0.2) is 0 Å². The average molecular weight is 259 g/mol. The Labute approximate surface area is 111 Å². The first-order chi connectivity index (χ1) is 8.66. The molecule has 4 nitrogen and oxygen atoms in total. The fourth-order valence-electron chi connectivity index (χ4n) is 2.31. The highest BCUT2D eigenvalue weighted by Crippen LogP contribution is 2.25. The minimum absolute atomic E-state index is 0.166. The molecule has 4 heteroatoms. The van der Waals surface area contributed by atoms with E-state index in [1.807, 2.05) is 0 Å². The van der Waals surface area contributed by atoms with Crippen molar-refractivity contribution in [2.24, 2.45) is 5.73 Å². The van der Waals surface area contributed by atoms with E-state index in [9.17, 15) is 5.11 Å². The minimum Gasteiger partial charge on any atom is -0.388 e. The van der Waals surface area contributed by atoms with Crippen molar-refractivity contribution in [3.05, 3.63) is 0 Å². The Balaban J connectivity index is 2.02. The number of aliphatic hydroxyl groups excluding tert-OH is 1. The van der Waals surface area contributed by atoms with Crippen molar-refractivity contribution in [2.75, 3.05) is 26.4 Å². The van der Waals surface area contributed by atoms with Gasteiger partial charge < -0.3 is 20.3 Å².